The van der Waals surface area contributed by atoms with Gasteiger partial charge in [-0.15, -0.1) is 0 Å². The SMILES string of the molecule is CCCCN(CCCCN(C)C)C(=O)CN1CC(c2cc(OC)c3c(c2)OCO3)C(C(=O)O)C1CCCN1CCCC1=O. The molecule has 0 radical (unpaired) electrons. The van der Waals surface area contributed by atoms with Gasteiger partial charge in [0.05, 0.1) is 19.6 Å². The molecule has 3 atom stereocenters. The Balaban J connectivity index is 1.55. The quantitative estimate of drug-likeness (QED) is 0.269. The van der Waals surface area contributed by atoms with Crippen LogP contribution in [0.5, 0.6) is 17.2 Å². The van der Waals surface area contributed by atoms with Crippen LogP contribution < -0.4 is 14.2 Å². The van der Waals surface area contributed by atoms with Gasteiger partial charge in [-0.2, -0.15) is 0 Å². The highest BCUT2D eigenvalue weighted by Crippen LogP contribution is 2.47. The second-order valence-electron chi connectivity index (χ2n) is 12.3. The van der Waals surface area contributed by atoms with Crippen LogP contribution in [-0.4, -0.2) is 122 Å². The molecule has 11 nitrogen and oxygen atoms in total. The molecule has 4 rings (SSSR count). The Hall–Kier alpha value is -3.05. The van der Waals surface area contributed by atoms with Crippen molar-refractivity contribution in [1.82, 2.24) is 19.6 Å². The van der Waals surface area contributed by atoms with Crippen LogP contribution in [-0.2, 0) is 14.4 Å². The molecule has 0 aromatic heterocycles. The van der Waals surface area contributed by atoms with Crippen molar-refractivity contribution < 1.29 is 33.7 Å². The number of aliphatic carboxylic acids is 1. The van der Waals surface area contributed by atoms with Crippen molar-refractivity contribution in [2.75, 3.05) is 73.8 Å². The normalized spacial score (nSPS) is 21.7. The summed E-state index contributed by atoms with van der Waals surface area (Å²) in [6, 6.07) is 3.36. The van der Waals surface area contributed by atoms with Crippen LogP contribution in [0.2, 0.25) is 0 Å². The molecular weight excluding hydrogens is 552 g/mol. The van der Waals surface area contributed by atoms with Gasteiger partial charge < -0.3 is 34.0 Å². The Labute approximate surface area is 256 Å². The number of nitrogens with zero attached hydrogens (tertiary/aromatic N) is 4. The molecule has 240 valence electrons. The summed E-state index contributed by atoms with van der Waals surface area (Å²) in [7, 11) is 5.66. The number of likely N-dealkylation sites (tertiary alicyclic amines) is 2. The summed E-state index contributed by atoms with van der Waals surface area (Å²) in [5.74, 6) is -0.184. The number of hydrogen-bond acceptors (Lipinski definition) is 8. The highest BCUT2D eigenvalue weighted by Gasteiger charge is 2.47. The van der Waals surface area contributed by atoms with Crippen molar-refractivity contribution in [2.24, 2.45) is 5.92 Å². The Morgan fingerprint density at radius 1 is 1.09 bits per heavy atom. The minimum atomic E-state index is -0.884. The zero-order chi connectivity index (χ0) is 30.9. The van der Waals surface area contributed by atoms with E-state index in [2.05, 4.69) is 30.8 Å². The van der Waals surface area contributed by atoms with Gasteiger partial charge in [0, 0.05) is 51.1 Å². The summed E-state index contributed by atoms with van der Waals surface area (Å²) in [5.41, 5.74) is 0.801. The number of carboxylic acid groups (broad SMARTS) is 1. The first-order valence-electron chi connectivity index (χ1n) is 15.9. The summed E-state index contributed by atoms with van der Waals surface area (Å²) < 4.78 is 16.8. The molecule has 3 aliphatic heterocycles. The summed E-state index contributed by atoms with van der Waals surface area (Å²) in [6.07, 6.45) is 6.60. The van der Waals surface area contributed by atoms with Gasteiger partial charge in [0.25, 0.3) is 0 Å². The van der Waals surface area contributed by atoms with Crippen LogP contribution in [0.15, 0.2) is 12.1 Å². The number of rotatable bonds is 17. The van der Waals surface area contributed by atoms with E-state index >= 15 is 0 Å². The third kappa shape index (κ3) is 8.32. The summed E-state index contributed by atoms with van der Waals surface area (Å²) >= 11 is 0. The molecule has 3 unspecified atom stereocenters. The molecule has 0 spiro atoms. The van der Waals surface area contributed by atoms with Crippen LogP contribution in [0.25, 0.3) is 0 Å². The molecule has 3 heterocycles. The van der Waals surface area contributed by atoms with Crippen LogP contribution in [0.3, 0.4) is 0 Å². The van der Waals surface area contributed by atoms with E-state index in [4.69, 9.17) is 14.2 Å². The number of amides is 2. The molecule has 2 saturated heterocycles. The topological polar surface area (TPSA) is 112 Å². The fourth-order valence-electron chi connectivity index (χ4n) is 6.70. The van der Waals surface area contributed by atoms with Crippen molar-refractivity contribution >= 4 is 17.8 Å². The lowest BCUT2D eigenvalue weighted by Gasteiger charge is -2.30. The van der Waals surface area contributed by atoms with Crippen molar-refractivity contribution in [3.63, 3.8) is 0 Å². The first-order valence-corrected chi connectivity index (χ1v) is 15.9. The zero-order valence-electron chi connectivity index (χ0n) is 26.4. The fourth-order valence-corrected chi connectivity index (χ4v) is 6.70. The van der Waals surface area contributed by atoms with Crippen molar-refractivity contribution in [3.05, 3.63) is 17.7 Å². The van der Waals surface area contributed by atoms with Gasteiger partial charge in [0.2, 0.25) is 24.4 Å². The van der Waals surface area contributed by atoms with E-state index in [0.29, 0.717) is 62.7 Å². The maximum Gasteiger partial charge on any atom is 0.308 e. The zero-order valence-corrected chi connectivity index (χ0v) is 26.4. The monoisotopic (exact) mass is 602 g/mol. The van der Waals surface area contributed by atoms with Crippen LogP contribution in [0, 0.1) is 5.92 Å². The van der Waals surface area contributed by atoms with Gasteiger partial charge in [-0.1, -0.05) is 13.3 Å². The Morgan fingerprint density at radius 2 is 1.86 bits per heavy atom. The highest BCUT2D eigenvalue weighted by atomic mass is 16.7. The third-order valence-corrected chi connectivity index (χ3v) is 9.00. The fraction of sp³-hybridized carbons (Fsp3) is 0.719. The number of methoxy groups -OCH3 is 1. The highest BCUT2D eigenvalue weighted by molar-refractivity contribution is 5.79. The molecule has 2 fully saturated rings. The molecule has 43 heavy (non-hydrogen) atoms. The molecule has 1 aromatic carbocycles. The first-order chi connectivity index (χ1) is 20.7. The summed E-state index contributed by atoms with van der Waals surface area (Å²) in [4.78, 5) is 47.0. The number of unbranched alkanes of at least 4 members (excludes halogenated alkanes) is 2. The number of hydrogen-bond donors (Lipinski definition) is 1. The van der Waals surface area contributed by atoms with E-state index in [1.807, 2.05) is 21.9 Å². The molecule has 0 saturated carbocycles. The van der Waals surface area contributed by atoms with Gasteiger partial charge >= 0.3 is 5.97 Å². The smallest absolute Gasteiger partial charge is 0.308 e. The van der Waals surface area contributed by atoms with E-state index in [1.165, 1.54) is 0 Å². The van der Waals surface area contributed by atoms with Crippen LogP contribution in [0.1, 0.15) is 69.8 Å². The van der Waals surface area contributed by atoms with Crippen LogP contribution in [0.4, 0.5) is 0 Å². The molecular formula is C32H50N4O7. The van der Waals surface area contributed by atoms with Crippen molar-refractivity contribution in [3.8, 4) is 17.2 Å². The maximum atomic E-state index is 13.8. The maximum absolute atomic E-state index is 13.8. The third-order valence-electron chi connectivity index (χ3n) is 9.00. The summed E-state index contributed by atoms with van der Waals surface area (Å²) in [5, 5.41) is 10.6. The number of carbonyl (C=O) groups excluding carboxylic acids is 2. The van der Waals surface area contributed by atoms with Gasteiger partial charge in [-0.05, 0) is 76.9 Å². The number of carboxylic acids is 1. The molecule has 2 amide bonds. The van der Waals surface area contributed by atoms with Gasteiger partial charge in [-0.25, -0.2) is 0 Å². The number of carbonyl (C=O) groups is 3. The predicted octanol–water partition coefficient (Wildman–Crippen LogP) is 3.27. The van der Waals surface area contributed by atoms with E-state index in [-0.39, 0.29) is 37.1 Å². The molecule has 0 bridgehead atoms. The molecule has 11 heteroatoms. The number of fused-ring (bicyclic) bond motifs is 1. The van der Waals surface area contributed by atoms with Crippen molar-refractivity contribution in [1.29, 1.82) is 0 Å². The second-order valence-corrected chi connectivity index (χ2v) is 12.3. The lowest BCUT2D eigenvalue weighted by atomic mass is 9.83. The summed E-state index contributed by atoms with van der Waals surface area (Å²) in [6.45, 7) is 6.57. The largest absolute Gasteiger partial charge is 0.493 e. The van der Waals surface area contributed by atoms with Crippen LogP contribution >= 0.6 is 0 Å². The van der Waals surface area contributed by atoms with Gasteiger partial charge in [0.15, 0.2) is 11.5 Å². The van der Waals surface area contributed by atoms with Gasteiger partial charge in [-0.3, -0.25) is 19.3 Å². The predicted molar refractivity (Wildman–Crippen MR) is 163 cm³/mol. The molecule has 0 aliphatic carbocycles. The molecule has 1 aromatic rings. The lowest BCUT2D eigenvalue weighted by Crippen LogP contribution is -2.45. The average molecular weight is 603 g/mol. The van der Waals surface area contributed by atoms with E-state index in [1.54, 1.807) is 7.11 Å². The van der Waals surface area contributed by atoms with Crippen molar-refractivity contribution in [2.45, 2.75) is 70.3 Å². The Bertz CT molecular complexity index is 1110. The number of ether oxygens (including phenoxy) is 3. The lowest BCUT2D eigenvalue weighted by molar-refractivity contribution is -0.144. The Kier molecular flexibility index (Phi) is 11.9. The minimum absolute atomic E-state index is 0.0473. The van der Waals surface area contributed by atoms with E-state index in [0.717, 1.165) is 50.8 Å². The standard InChI is InChI=1S/C32H50N4O7/c1-5-6-14-35(15-8-7-13-33(2)3)29(38)21-36-20-24(23-18-26(41-4)31-27(19-23)42-22-43-31)30(32(39)40)25(36)11-9-16-34-17-10-12-28(34)37/h18-19,24-25,30H,5-17,20-22H2,1-4H3,(H,39,40). The minimum Gasteiger partial charge on any atom is -0.493 e. The number of benzene rings is 1. The first kappa shape index (κ1) is 32.9. The molecule has 3 aliphatic rings. The molecule has 1 N–H and O–H groups in total. The van der Waals surface area contributed by atoms with E-state index < -0.39 is 11.9 Å². The van der Waals surface area contributed by atoms with E-state index in [9.17, 15) is 19.5 Å². The average Bonchev–Trinajstić information content (AvgIpc) is 3.71. The second kappa shape index (κ2) is 15.6. The van der Waals surface area contributed by atoms with Gasteiger partial charge in [0.1, 0.15) is 0 Å². The Morgan fingerprint density at radius 3 is 2.53 bits per heavy atom.